The molecule has 1 amide bonds. The number of alkyl halides is 3. The number of anilines is 1. The highest BCUT2D eigenvalue weighted by molar-refractivity contribution is 5.95. The predicted octanol–water partition coefficient (Wildman–Crippen LogP) is 3.92. The second kappa shape index (κ2) is 7.33. The van der Waals surface area contributed by atoms with Crippen molar-refractivity contribution in [2.45, 2.75) is 31.9 Å². The predicted molar refractivity (Wildman–Crippen MR) is 84.8 cm³/mol. The molecule has 0 radical (unpaired) electrons. The lowest BCUT2D eigenvalue weighted by atomic mass is 9.93. The molecule has 1 aromatic heterocycles. The van der Waals surface area contributed by atoms with E-state index in [1.807, 2.05) is 18.0 Å². The van der Waals surface area contributed by atoms with Gasteiger partial charge in [0.15, 0.2) is 0 Å². The van der Waals surface area contributed by atoms with Crippen LogP contribution in [0.25, 0.3) is 0 Å². The third-order valence-electron chi connectivity index (χ3n) is 3.58. The molecule has 2 N–H and O–H groups in total. The van der Waals surface area contributed by atoms with Gasteiger partial charge in [0.05, 0.1) is 11.5 Å². The number of carbonyl (C=O) groups is 1. The zero-order valence-electron chi connectivity index (χ0n) is 13.0. The summed E-state index contributed by atoms with van der Waals surface area (Å²) < 4.78 is 38.2. The lowest BCUT2D eigenvalue weighted by molar-refractivity contribution is -0.137. The lowest BCUT2D eigenvalue weighted by Crippen LogP contribution is -2.26. The van der Waals surface area contributed by atoms with E-state index in [4.69, 9.17) is 0 Å². The molecule has 24 heavy (non-hydrogen) atoms. The van der Waals surface area contributed by atoms with Crippen molar-refractivity contribution in [2.24, 2.45) is 0 Å². The number of halogens is 3. The molecule has 0 saturated heterocycles. The Labute approximate surface area is 136 Å². The zero-order valence-corrected chi connectivity index (χ0v) is 13.0. The zero-order chi connectivity index (χ0) is 17.7. The first-order valence-electron chi connectivity index (χ1n) is 7.48. The van der Waals surface area contributed by atoms with Crippen LogP contribution in [0.1, 0.15) is 36.8 Å². The van der Waals surface area contributed by atoms with Gasteiger partial charge in [-0.25, -0.2) is 0 Å². The molecule has 4 nitrogen and oxygen atoms in total. The van der Waals surface area contributed by atoms with Crippen LogP contribution in [0, 0.1) is 0 Å². The summed E-state index contributed by atoms with van der Waals surface area (Å²) >= 11 is 0. The van der Waals surface area contributed by atoms with Gasteiger partial charge in [0.25, 0.3) is 5.56 Å². The van der Waals surface area contributed by atoms with Crippen molar-refractivity contribution in [2.75, 3.05) is 5.32 Å². The van der Waals surface area contributed by atoms with Gasteiger partial charge >= 0.3 is 6.18 Å². The van der Waals surface area contributed by atoms with Gasteiger partial charge < -0.3 is 10.3 Å². The van der Waals surface area contributed by atoms with E-state index < -0.39 is 34.8 Å². The number of amides is 1. The van der Waals surface area contributed by atoms with Crippen molar-refractivity contribution in [3.8, 4) is 0 Å². The number of aromatic amines is 1. The van der Waals surface area contributed by atoms with E-state index in [0.717, 1.165) is 5.56 Å². The first kappa shape index (κ1) is 17.8. The summed E-state index contributed by atoms with van der Waals surface area (Å²) in [7, 11) is 0. The minimum Gasteiger partial charge on any atom is -0.327 e. The molecule has 0 aliphatic carbocycles. The Morgan fingerprint density at radius 2 is 1.92 bits per heavy atom. The first-order valence-corrected chi connectivity index (χ1v) is 7.48. The fourth-order valence-electron chi connectivity index (χ4n) is 2.38. The van der Waals surface area contributed by atoms with Crippen LogP contribution in [0.2, 0.25) is 0 Å². The van der Waals surface area contributed by atoms with Crippen LogP contribution in [0.5, 0.6) is 0 Å². The summed E-state index contributed by atoms with van der Waals surface area (Å²) in [6.07, 6.45) is -2.79. The molecule has 0 aliphatic heterocycles. The molecule has 2 rings (SSSR count). The smallest absolute Gasteiger partial charge is 0.327 e. The molecule has 128 valence electrons. The normalized spacial score (nSPS) is 12.7. The van der Waals surface area contributed by atoms with E-state index in [1.54, 1.807) is 24.3 Å². The highest BCUT2D eigenvalue weighted by Gasteiger charge is 2.32. The second-order valence-electron chi connectivity index (χ2n) is 5.37. The van der Waals surface area contributed by atoms with Crippen LogP contribution in [0.15, 0.2) is 47.4 Å². The van der Waals surface area contributed by atoms with Crippen LogP contribution < -0.4 is 10.9 Å². The standard InChI is InChI=1S/C17H17F3N2O2/c1-2-6-13(11-7-4-3-5-8-11)15(23)22-14-9-12(17(18,19)20)10-21-16(14)24/h3-5,7-10,13H,2,6H2,1H3,(H,21,24)(H,22,23). The second-order valence-corrected chi connectivity index (χ2v) is 5.37. The summed E-state index contributed by atoms with van der Waals surface area (Å²) in [5.41, 5.74) is -1.46. The molecule has 7 heteroatoms. The number of hydrogen-bond donors (Lipinski definition) is 2. The van der Waals surface area contributed by atoms with Gasteiger partial charge in [-0.2, -0.15) is 13.2 Å². The monoisotopic (exact) mass is 338 g/mol. The van der Waals surface area contributed by atoms with Crippen molar-refractivity contribution < 1.29 is 18.0 Å². The average molecular weight is 338 g/mol. The SMILES string of the molecule is CCCC(C(=O)Nc1cc(C(F)(F)F)c[nH]c1=O)c1ccccc1. The number of rotatable bonds is 5. The third-order valence-corrected chi connectivity index (χ3v) is 3.58. The quantitative estimate of drug-likeness (QED) is 0.868. The van der Waals surface area contributed by atoms with Crippen LogP contribution in [-0.4, -0.2) is 10.9 Å². The fourth-order valence-corrected chi connectivity index (χ4v) is 2.38. The number of benzene rings is 1. The lowest BCUT2D eigenvalue weighted by Gasteiger charge is -2.17. The van der Waals surface area contributed by atoms with E-state index in [2.05, 4.69) is 5.32 Å². The minimum atomic E-state index is -4.61. The topological polar surface area (TPSA) is 62.0 Å². The van der Waals surface area contributed by atoms with Crippen molar-refractivity contribution in [3.63, 3.8) is 0 Å². The molecule has 1 heterocycles. The van der Waals surface area contributed by atoms with Gasteiger partial charge in [-0.1, -0.05) is 43.7 Å². The fraction of sp³-hybridized carbons (Fsp3) is 0.294. The Bertz CT molecular complexity index is 754. The molecule has 1 unspecified atom stereocenters. The first-order chi connectivity index (χ1) is 11.3. The number of H-pyrrole nitrogens is 1. The Hall–Kier alpha value is -2.57. The average Bonchev–Trinajstić information content (AvgIpc) is 2.54. The van der Waals surface area contributed by atoms with E-state index >= 15 is 0 Å². The summed E-state index contributed by atoms with van der Waals surface area (Å²) in [6, 6.07) is 9.56. The van der Waals surface area contributed by atoms with Gasteiger partial charge in [0.1, 0.15) is 5.69 Å². The number of carbonyl (C=O) groups excluding carboxylic acids is 1. The highest BCUT2D eigenvalue weighted by Crippen LogP contribution is 2.29. The largest absolute Gasteiger partial charge is 0.417 e. The Morgan fingerprint density at radius 1 is 1.25 bits per heavy atom. The maximum absolute atomic E-state index is 12.7. The van der Waals surface area contributed by atoms with Crippen LogP contribution >= 0.6 is 0 Å². The maximum atomic E-state index is 12.7. The van der Waals surface area contributed by atoms with Crippen molar-refractivity contribution in [1.29, 1.82) is 0 Å². The Kier molecular flexibility index (Phi) is 5.43. The third kappa shape index (κ3) is 4.24. The number of nitrogens with one attached hydrogen (secondary N) is 2. The summed E-state index contributed by atoms with van der Waals surface area (Å²) in [6.45, 7) is 1.90. The number of aromatic nitrogens is 1. The number of hydrogen-bond acceptors (Lipinski definition) is 2. The summed E-state index contributed by atoms with van der Waals surface area (Å²) in [5, 5.41) is 2.32. The van der Waals surface area contributed by atoms with Crippen molar-refractivity contribution in [3.05, 3.63) is 64.1 Å². The van der Waals surface area contributed by atoms with Gasteiger partial charge in [0.2, 0.25) is 5.91 Å². The molecule has 2 aromatic rings. The summed E-state index contributed by atoms with van der Waals surface area (Å²) in [5.74, 6) is -1.04. The Morgan fingerprint density at radius 3 is 2.50 bits per heavy atom. The van der Waals surface area contributed by atoms with E-state index in [9.17, 15) is 22.8 Å². The van der Waals surface area contributed by atoms with Gasteiger partial charge in [-0.15, -0.1) is 0 Å². The summed E-state index contributed by atoms with van der Waals surface area (Å²) in [4.78, 5) is 26.2. The van der Waals surface area contributed by atoms with Gasteiger partial charge in [-0.3, -0.25) is 9.59 Å². The van der Waals surface area contributed by atoms with E-state index in [1.165, 1.54) is 0 Å². The maximum Gasteiger partial charge on any atom is 0.417 e. The van der Waals surface area contributed by atoms with Crippen molar-refractivity contribution in [1.82, 2.24) is 4.98 Å². The van der Waals surface area contributed by atoms with Crippen LogP contribution in [0.3, 0.4) is 0 Å². The van der Waals surface area contributed by atoms with E-state index in [-0.39, 0.29) is 0 Å². The van der Waals surface area contributed by atoms with Crippen LogP contribution in [-0.2, 0) is 11.0 Å². The highest BCUT2D eigenvalue weighted by atomic mass is 19.4. The Balaban J connectivity index is 2.29. The molecule has 0 spiro atoms. The molecular weight excluding hydrogens is 321 g/mol. The van der Waals surface area contributed by atoms with Crippen molar-refractivity contribution >= 4 is 11.6 Å². The van der Waals surface area contributed by atoms with Gasteiger partial charge in [-0.05, 0) is 18.1 Å². The van der Waals surface area contributed by atoms with E-state index in [0.29, 0.717) is 25.1 Å². The van der Waals surface area contributed by atoms with Crippen LogP contribution in [0.4, 0.5) is 18.9 Å². The molecule has 0 fully saturated rings. The molecule has 1 atom stereocenters. The number of pyridine rings is 1. The molecular formula is C17H17F3N2O2. The molecule has 0 aliphatic rings. The minimum absolute atomic E-state index is 0.410. The molecule has 1 aromatic carbocycles. The molecule has 0 bridgehead atoms. The molecule has 0 saturated carbocycles. The van der Waals surface area contributed by atoms with Gasteiger partial charge in [0, 0.05) is 6.20 Å².